The molecule has 20 heavy (non-hydrogen) atoms. The monoisotopic (exact) mass is 297 g/mol. The highest BCUT2D eigenvalue weighted by molar-refractivity contribution is 6.30. The average Bonchev–Trinajstić information content (AvgIpc) is 2.39. The first kappa shape index (κ1) is 16.5. The van der Waals surface area contributed by atoms with Gasteiger partial charge in [0.1, 0.15) is 6.04 Å². The maximum absolute atomic E-state index is 12.0. The number of amides is 1. The van der Waals surface area contributed by atoms with Crippen molar-refractivity contribution in [2.75, 3.05) is 7.11 Å². The maximum Gasteiger partial charge on any atom is 0.328 e. The summed E-state index contributed by atoms with van der Waals surface area (Å²) in [5.41, 5.74) is 0.847. The first-order chi connectivity index (χ1) is 9.42. The number of halogens is 1. The lowest BCUT2D eigenvalue weighted by Crippen LogP contribution is -2.43. The van der Waals surface area contributed by atoms with E-state index < -0.39 is 12.0 Å². The van der Waals surface area contributed by atoms with Gasteiger partial charge in [0.05, 0.1) is 13.5 Å². The smallest absolute Gasteiger partial charge is 0.328 e. The number of carbonyl (C=O) groups excluding carboxylic acids is 2. The molecular weight excluding hydrogens is 278 g/mol. The molecule has 0 radical (unpaired) electrons. The SMILES string of the molecule is COC(=O)[C@H](CC(C)C)NC(=O)Cc1ccc(Cl)cc1. The number of benzene rings is 1. The second-order valence-electron chi connectivity index (χ2n) is 5.08. The Morgan fingerprint density at radius 3 is 2.35 bits per heavy atom. The summed E-state index contributed by atoms with van der Waals surface area (Å²) in [6, 6.07) is 6.45. The molecule has 0 saturated heterocycles. The molecule has 1 aromatic rings. The quantitative estimate of drug-likeness (QED) is 0.821. The third kappa shape index (κ3) is 5.61. The molecule has 0 unspecified atom stereocenters. The van der Waals surface area contributed by atoms with Gasteiger partial charge in [-0.3, -0.25) is 4.79 Å². The van der Waals surface area contributed by atoms with Crippen LogP contribution in [-0.2, 0) is 20.7 Å². The fraction of sp³-hybridized carbons (Fsp3) is 0.467. The molecular formula is C15H20ClNO3. The van der Waals surface area contributed by atoms with E-state index in [2.05, 4.69) is 5.32 Å². The molecule has 0 aliphatic rings. The van der Waals surface area contributed by atoms with Crippen LogP contribution in [0, 0.1) is 5.92 Å². The van der Waals surface area contributed by atoms with Gasteiger partial charge in [-0.25, -0.2) is 4.79 Å². The molecule has 4 nitrogen and oxygen atoms in total. The number of nitrogens with one attached hydrogen (secondary N) is 1. The number of carbonyl (C=O) groups is 2. The zero-order chi connectivity index (χ0) is 15.1. The van der Waals surface area contributed by atoms with Crippen molar-refractivity contribution in [2.45, 2.75) is 32.7 Å². The molecule has 1 atom stereocenters. The average molecular weight is 298 g/mol. The van der Waals surface area contributed by atoms with Gasteiger partial charge in [-0.1, -0.05) is 37.6 Å². The molecule has 5 heteroatoms. The van der Waals surface area contributed by atoms with E-state index in [1.165, 1.54) is 7.11 Å². The van der Waals surface area contributed by atoms with Crippen LogP contribution in [0.4, 0.5) is 0 Å². The van der Waals surface area contributed by atoms with E-state index >= 15 is 0 Å². The first-order valence-electron chi connectivity index (χ1n) is 6.54. The molecule has 1 aromatic carbocycles. The normalized spacial score (nSPS) is 12.1. The van der Waals surface area contributed by atoms with Crippen LogP contribution in [0.2, 0.25) is 5.02 Å². The van der Waals surface area contributed by atoms with Crippen LogP contribution < -0.4 is 5.32 Å². The topological polar surface area (TPSA) is 55.4 Å². The molecule has 0 heterocycles. The minimum Gasteiger partial charge on any atom is -0.467 e. The van der Waals surface area contributed by atoms with Gasteiger partial charge < -0.3 is 10.1 Å². The first-order valence-corrected chi connectivity index (χ1v) is 6.91. The van der Waals surface area contributed by atoms with Crippen molar-refractivity contribution >= 4 is 23.5 Å². The van der Waals surface area contributed by atoms with Crippen molar-refractivity contribution in [3.05, 3.63) is 34.9 Å². The minimum absolute atomic E-state index is 0.205. The number of hydrogen-bond acceptors (Lipinski definition) is 3. The molecule has 0 aromatic heterocycles. The van der Waals surface area contributed by atoms with Gasteiger partial charge in [0.15, 0.2) is 0 Å². The number of esters is 1. The summed E-state index contributed by atoms with van der Waals surface area (Å²) in [6.45, 7) is 3.97. The fourth-order valence-corrected chi connectivity index (χ4v) is 1.99. The Balaban J connectivity index is 2.61. The second kappa shape index (κ2) is 7.90. The molecule has 0 bridgehead atoms. The third-order valence-electron chi connectivity index (χ3n) is 2.81. The summed E-state index contributed by atoms with van der Waals surface area (Å²) in [5.74, 6) is -0.332. The van der Waals surface area contributed by atoms with Crippen molar-refractivity contribution in [3.63, 3.8) is 0 Å². The summed E-state index contributed by atoms with van der Waals surface area (Å²) in [4.78, 5) is 23.6. The van der Waals surface area contributed by atoms with Gasteiger partial charge in [0.2, 0.25) is 5.91 Å². The molecule has 0 fully saturated rings. The zero-order valence-electron chi connectivity index (χ0n) is 12.0. The molecule has 0 aliphatic carbocycles. The van der Waals surface area contributed by atoms with E-state index in [-0.39, 0.29) is 18.2 Å². The Hall–Kier alpha value is -1.55. The van der Waals surface area contributed by atoms with Crippen LogP contribution in [0.5, 0.6) is 0 Å². The van der Waals surface area contributed by atoms with Crippen molar-refractivity contribution < 1.29 is 14.3 Å². The summed E-state index contributed by atoms with van der Waals surface area (Å²) >= 11 is 5.79. The van der Waals surface area contributed by atoms with Gasteiger partial charge in [0.25, 0.3) is 0 Å². The Morgan fingerprint density at radius 1 is 1.25 bits per heavy atom. The molecule has 110 valence electrons. The van der Waals surface area contributed by atoms with Crippen LogP contribution >= 0.6 is 11.6 Å². The van der Waals surface area contributed by atoms with Gasteiger partial charge in [-0.2, -0.15) is 0 Å². The summed E-state index contributed by atoms with van der Waals surface area (Å²) < 4.78 is 4.71. The Kier molecular flexibility index (Phi) is 6.52. The predicted molar refractivity (Wildman–Crippen MR) is 78.6 cm³/mol. The third-order valence-corrected chi connectivity index (χ3v) is 3.06. The van der Waals surface area contributed by atoms with Crippen LogP contribution in [0.1, 0.15) is 25.8 Å². The lowest BCUT2D eigenvalue weighted by Gasteiger charge is -2.18. The van der Waals surface area contributed by atoms with Gasteiger partial charge in [-0.05, 0) is 30.0 Å². The highest BCUT2D eigenvalue weighted by atomic mass is 35.5. The zero-order valence-corrected chi connectivity index (χ0v) is 12.7. The van der Waals surface area contributed by atoms with E-state index in [9.17, 15) is 9.59 Å². The van der Waals surface area contributed by atoms with Gasteiger partial charge >= 0.3 is 5.97 Å². The minimum atomic E-state index is -0.597. The van der Waals surface area contributed by atoms with Crippen molar-refractivity contribution in [1.82, 2.24) is 5.32 Å². The van der Waals surface area contributed by atoms with Crippen LogP contribution in [0.3, 0.4) is 0 Å². The highest BCUT2D eigenvalue weighted by Gasteiger charge is 2.22. The lowest BCUT2D eigenvalue weighted by molar-refractivity contribution is -0.145. The van der Waals surface area contributed by atoms with Crippen molar-refractivity contribution in [3.8, 4) is 0 Å². The number of methoxy groups -OCH3 is 1. The van der Waals surface area contributed by atoms with Crippen molar-refractivity contribution in [2.24, 2.45) is 5.92 Å². The van der Waals surface area contributed by atoms with Crippen LogP contribution in [0.15, 0.2) is 24.3 Å². The van der Waals surface area contributed by atoms with E-state index in [0.717, 1.165) is 5.56 Å². The Bertz CT molecular complexity index is 457. The molecule has 0 spiro atoms. The molecule has 1 N–H and O–H groups in total. The largest absolute Gasteiger partial charge is 0.467 e. The Morgan fingerprint density at radius 2 is 1.85 bits per heavy atom. The van der Waals surface area contributed by atoms with Crippen molar-refractivity contribution in [1.29, 1.82) is 0 Å². The second-order valence-corrected chi connectivity index (χ2v) is 5.51. The van der Waals surface area contributed by atoms with Crippen LogP contribution in [-0.4, -0.2) is 25.0 Å². The summed E-state index contributed by atoms with van der Waals surface area (Å²) in [5, 5.41) is 3.34. The molecule has 0 saturated carbocycles. The number of rotatable bonds is 6. The number of ether oxygens (including phenoxy) is 1. The molecule has 1 rings (SSSR count). The predicted octanol–water partition coefficient (Wildman–Crippen LogP) is 2.59. The van der Waals surface area contributed by atoms with E-state index in [0.29, 0.717) is 11.4 Å². The summed E-state index contributed by atoms with van der Waals surface area (Å²) in [7, 11) is 1.32. The van der Waals surface area contributed by atoms with Crippen LogP contribution in [0.25, 0.3) is 0 Å². The van der Waals surface area contributed by atoms with Gasteiger partial charge in [0, 0.05) is 5.02 Å². The standard InChI is InChI=1S/C15H20ClNO3/c1-10(2)8-13(15(19)20-3)17-14(18)9-11-4-6-12(16)7-5-11/h4-7,10,13H,8-9H2,1-3H3,(H,17,18)/t13-/m0/s1. The molecule has 1 amide bonds. The maximum atomic E-state index is 12.0. The Labute approximate surface area is 124 Å². The fourth-order valence-electron chi connectivity index (χ4n) is 1.86. The van der Waals surface area contributed by atoms with E-state index in [4.69, 9.17) is 16.3 Å². The summed E-state index contributed by atoms with van der Waals surface area (Å²) in [6.07, 6.45) is 0.766. The van der Waals surface area contributed by atoms with Gasteiger partial charge in [-0.15, -0.1) is 0 Å². The number of hydrogen-bond donors (Lipinski definition) is 1. The van der Waals surface area contributed by atoms with E-state index in [1.807, 2.05) is 13.8 Å². The molecule has 0 aliphatic heterocycles. The highest BCUT2D eigenvalue weighted by Crippen LogP contribution is 2.11. The lowest BCUT2D eigenvalue weighted by atomic mass is 10.0. The van der Waals surface area contributed by atoms with E-state index in [1.54, 1.807) is 24.3 Å².